The van der Waals surface area contributed by atoms with E-state index in [9.17, 15) is 47.9 Å². The second-order valence-electron chi connectivity index (χ2n) is 23.6. The van der Waals surface area contributed by atoms with Crippen LogP contribution in [0.3, 0.4) is 0 Å². The Morgan fingerprint density at radius 1 is 0.512 bits per heavy atom. The topological polar surface area (TPSA) is 288 Å². The Labute approximate surface area is 478 Å². The molecule has 80 heavy (non-hydrogen) atoms. The summed E-state index contributed by atoms with van der Waals surface area (Å²) in [4.78, 5) is 135. The summed E-state index contributed by atoms with van der Waals surface area (Å²) < 4.78 is 5.39. The maximum Gasteiger partial charge on any atom is 0.331 e. The molecule has 1 fully saturated rings. The van der Waals surface area contributed by atoms with Crippen molar-refractivity contribution in [2.24, 2.45) is 0 Å². The van der Waals surface area contributed by atoms with Crippen LogP contribution >= 0.6 is 21.6 Å². The van der Waals surface area contributed by atoms with Crippen LogP contribution in [-0.2, 0) is 65.7 Å². The van der Waals surface area contributed by atoms with Crippen LogP contribution in [0.2, 0.25) is 0 Å². The van der Waals surface area contributed by atoms with E-state index in [0.717, 1.165) is 46.9 Å². The van der Waals surface area contributed by atoms with Crippen LogP contribution in [0, 0.1) is 0 Å². The SMILES string of the molecule is C[C@H](NC(=O)C(C)(C)NC(=O)C(C)(C)NC(=O)[C@H](C)NC(=O)C(C)(C)NC(=O)C(C)(C)NC(=O)[C@H](Cc1ccc2ccccc2c1)NC(=O)CCCCC1CCSS1)C(=O)NC(C)(C)C(=O)NC(C)(C)C(=O)OCc1ccccc1. The van der Waals surface area contributed by atoms with Crippen molar-refractivity contribution in [3.05, 3.63) is 83.9 Å². The zero-order valence-electron chi connectivity index (χ0n) is 48.7. The molecular weight excluding hydrogens is 1060 g/mol. The molecule has 9 amide bonds. The largest absolute Gasteiger partial charge is 0.459 e. The van der Waals surface area contributed by atoms with Gasteiger partial charge in [0.05, 0.1) is 0 Å². The van der Waals surface area contributed by atoms with Gasteiger partial charge in [0.25, 0.3) is 0 Å². The van der Waals surface area contributed by atoms with Crippen molar-refractivity contribution < 1.29 is 52.7 Å². The van der Waals surface area contributed by atoms with Gasteiger partial charge < -0.3 is 52.6 Å². The zero-order chi connectivity index (χ0) is 60.0. The molecule has 4 rings (SSSR count). The second kappa shape index (κ2) is 27.7. The van der Waals surface area contributed by atoms with E-state index in [1.807, 2.05) is 70.1 Å². The summed E-state index contributed by atoms with van der Waals surface area (Å²) in [6, 6.07) is 19.1. The molecule has 22 heteroatoms. The lowest BCUT2D eigenvalue weighted by molar-refractivity contribution is -0.154. The van der Waals surface area contributed by atoms with Gasteiger partial charge in [-0.1, -0.05) is 101 Å². The van der Waals surface area contributed by atoms with Crippen LogP contribution in [0.1, 0.15) is 140 Å². The molecule has 3 aromatic carbocycles. The normalized spacial score (nSPS) is 15.2. The Bertz CT molecular complexity index is 2760. The average Bonchev–Trinajstić information content (AvgIpc) is 3.89. The summed E-state index contributed by atoms with van der Waals surface area (Å²) in [7, 11) is 3.76. The van der Waals surface area contributed by atoms with Gasteiger partial charge in [-0.2, -0.15) is 0 Å². The molecule has 1 heterocycles. The van der Waals surface area contributed by atoms with Gasteiger partial charge in [-0.25, -0.2) is 4.79 Å². The third kappa shape index (κ3) is 19.5. The second-order valence-corrected chi connectivity index (χ2v) is 26.4. The molecule has 0 aromatic heterocycles. The first-order chi connectivity index (χ1) is 37.0. The minimum absolute atomic E-state index is 0.00727. The number of amides is 9. The third-order valence-corrected chi connectivity index (χ3v) is 16.4. The van der Waals surface area contributed by atoms with Gasteiger partial charge in [0.15, 0.2) is 0 Å². The molecule has 3 aromatic rings. The van der Waals surface area contributed by atoms with Crippen molar-refractivity contribution in [3.8, 4) is 0 Å². The summed E-state index contributed by atoms with van der Waals surface area (Å²) in [5.74, 6) is -5.77. The first kappa shape index (κ1) is 65.8. The highest BCUT2D eigenvalue weighted by Crippen LogP contribution is 2.40. The number of fused-ring (bicyclic) bond motifs is 1. The van der Waals surface area contributed by atoms with E-state index in [-0.39, 0.29) is 25.4 Å². The van der Waals surface area contributed by atoms with E-state index in [0.29, 0.717) is 11.7 Å². The number of hydrogen-bond donors (Lipinski definition) is 9. The van der Waals surface area contributed by atoms with Gasteiger partial charge >= 0.3 is 5.97 Å². The van der Waals surface area contributed by atoms with Crippen LogP contribution < -0.4 is 47.9 Å². The lowest BCUT2D eigenvalue weighted by Gasteiger charge is -2.34. The van der Waals surface area contributed by atoms with Crippen molar-refractivity contribution in [2.45, 2.75) is 199 Å². The highest BCUT2D eigenvalue weighted by molar-refractivity contribution is 8.77. The van der Waals surface area contributed by atoms with Crippen molar-refractivity contribution >= 4 is 91.5 Å². The quantitative estimate of drug-likeness (QED) is 0.0285. The molecule has 0 radical (unpaired) electrons. The maximum absolute atomic E-state index is 14.1. The number of hydrogen-bond acceptors (Lipinski definition) is 13. The van der Waals surface area contributed by atoms with Gasteiger partial charge in [-0.3, -0.25) is 43.2 Å². The van der Waals surface area contributed by atoms with E-state index in [1.54, 1.807) is 24.3 Å². The molecule has 20 nitrogen and oxygen atoms in total. The summed E-state index contributed by atoms with van der Waals surface area (Å²) in [6.45, 7) is 19.8. The lowest BCUT2D eigenvalue weighted by atomic mass is 9.96. The van der Waals surface area contributed by atoms with Crippen molar-refractivity contribution in [3.63, 3.8) is 0 Å². The monoisotopic (exact) mass is 1150 g/mol. The molecule has 1 aliphatic heterocycles. The molecule has 1 aliphatic rings. The summed E-state index contributed by atoms with van der Waals surface area (Å²) in [6.07, 6.45) is 4.13. The smallest absolute Gasteiger partial charge is 0.331 e. The molecule has 0 aliphatic carbocycles. The number of rotatable bonds is 27. The lowest BCUT2D eigenvalue weighted by Crippen LogP contribution is -2.67. The Morgan fingerprint density at radius 2 is 0.975 bits per heavy atom. The fourth-order valence-electron chi connectivity index (χ4n) is 7.97. The third-order valence-electron chi connectivity index (χ3n) is 13.4. The number of unbranched alkanes of at least 4 members (excludes halogenated alkanes) is 1. The molecule has 0 bridgehead atoms. The van der Waals surface area contributed by atoms with Gasteiger partial charge in [-0.05, 0) is 138 Å². The Kier molecular flexibility index (Phi) is 22.8. The van der Waals surface area contributed by atoms with Crippen LogP contribution in [0.4, 0.5) is 0 Å². The van der Waals surface area contributed by atoms with Crippen molar-refractivity contribution in [2.75, 3.05) is 5.75 Å². The van der Waals surface area contributed by atoms with E-state index in [4.69, 9.17) is 4.74 Å². The number of benzene rings is 3. The molecular formula is C58H83N9O11S2. The molecule has 1 unspecified atom stereocenters. The fraction of sp³-hybridized carbons (Fsp3) is 0.552. The van der Waals surface area contributed by atoms with E-state index < -0.39 is 105 Å². The minimum atomic E-state index is -1.67. The predicted molar refractivity (Wildman–Crippen MR) is 311 cm³/mol. The maximum atomic E-state index is 14.1. The molecule has 438 valence electrons. The molecule has 1 saturated heterocycles. The van der Waals surface area contributed by atoms with Crippen molar-refractivity contribution in [1.82, 2.24) is 47.9 Å². The summed E-state index contributed by atoms with van der Waals surface area (Å²) in [5.41, 5.74) is -8.02. The molecule has 0 saturated carbocycles. The van der Waals surface area contributed by atoms with E-state index in [2.05, 4.69) is 47.9 Å². The van der Waals surface area contributed by atoms with Gasteiger partial charge in [0, 0.05) is 23.8 Å². The highest BCUT2D eigenvalue weighted by Gasteiger charge is 2.43. The molecule has 0 spiro atoms. The Hall–Kier alpha value is -6.68. The van der Waals surface area contributed by atoms with Gasteiger partial charge in [0.1, 0.15) is 58.0 Å². The first-order valence-electron chi connectivity index (χ1n) is 26.9. The number of carbonyl (C=O) groups excluding carboxylic acids is 10. The number of carbonyl (C=O) groups is 10. The van der Waals surface area contributed by atoms with E-state index >= 15 is 0 Å². The first-order valence-corrected chi connectivity index (χ1v) is 29.3. The van der Waals surface area contributed by atoms with Crippen LogP contribution in [0.15, 0.2) is 72.8 Å². The summed E-state index contributed by atoms with van der Waals surface area (Å²) in [5, 5.41) is 26.3. The predicted octanol–water partition coefficient (Wildman–Crippen LogP) is 4.70. The standard InChI is InChI=1S/C58H83N9O11S2/c1-35(44(69)62-55(7,8)49(74)65-53(3,4)47(72)60-36(2)45(70)63-56(9,10)51(76)67-58(13,14)52(77)78-34-37-22-16-15-17-23-37)59-48(73)54(5,6)66-50(75)57(11,12)64-46(71)42(33-38-28-29-39-24-18-19-25-40(39)32-38)61-43(68)27-21-20-26-41-30-31-79-80-41/h15-19,22-25,28-29,32,35-36,41-42H,20-21,26-27,30-31,33-34H2,1-14H3,(H,59,73)(H,60,72)(H,61,68)(H,62,69)(H,63,70)(H,64,71)(H,65,74)(H,66,75)(H,67,76)/t35-,36-,41?,42-/m0/s1. The van der Waals surface area contributed by atoms with Gasteiger partial charge in [-0.15, -0.1) is 0 Å². The fourth-order valence-corrected chi connectivity index (χ4v) is 11.0. The van der Waals surface area contributed by atoms with E-state index in [1.165, 1.54) is 96.9 Å². The van der Waals surface area contributed by atoms with Crippen LogP contribution in [-0.4, -0.2) is 121 Å². The zero-order valence-corrected chi connectivity index (χ0v) is 50.3. The Balaban J connectivity index is 1.28. The average molecular weight is 1150 g/mol. The molecule has 9 N–H and O–H groups in total. The van der Waals surface area contributed by atoms with Crippen LogP contribution in [0.5, 0.6) is 0 Å². The Morgan fingerprint density at radius 3 is 1.48 bits per heavy atom. The number of esters is 1. The van der Waals surface area contributed by atoms with Gasteiger partial charge in [0.2, 0.25) is 53.2 Å². The highest BCUT2D eigenvalue weighted by atomic mass is 33.1. The summed E-state index contributed by atoms with van der Waals surface area (Å²) >= 11 is 0. The number of ether oxygens (including phenoxy) is 1. The van der Waals surface area contributed by atoms with Crippen LogP contribution in [0.25, 0.3) is 10.8 Å². The number of nitrogens with one attached hydrogen (secondary N) is 9. The minimum Gasteiger partial charge on any atom is -0.459 e. The van der Waals surface area contributed by atoms with Crippen molar-refractivity contribution in [1.29, 1.82) is 0 Å². The molecule has 4 atom stereocenters.